The average Bonchev–Trinajstić information content (AvgIpc) is 3.06. The summed E-state index contributed by atoms with van der Waals surface area (Å²) in [6.45, 7) is 0. The first-order valence-corrected chi connectivity index (χ1v) is 14.3. The molecule has 0 fully saturated rings. The van der Waals surface area contributed by atoms with E-state index in [1.165, 1.54) is 0 Å². The van der Waals surface area contributed by atoms with Crippen LogP contribution >= 0.6 is 0 Å². The van der Waals surface area contributed by atoms with Crippen molar-refractivity contribution >= 4 is 43.1 Å². The van der Waals surface area contributed by atoms with Gasteiger partial charge < -0.3 is 14.9 Å². The van der Waals surface area contributed by atoms with E-state index >= 15 is 0 Å². The maximum atomic E-state index is 11.5. The van der Waals surface area contributed by atoms with Crippen molar-refractivity contribution in [1.29, 1.82) is 0 Å². The number of phenolic OH excluding ortho intramolecular Hbond substituents is 2. The number of rotatable bonds is 4. The van der Waals surface area contributed by atoms with Crippen molar-refractivity contribution in [2.45, 2.75) is 0 Å². The fourth-order valence-electron chi connectivity index (χ4n) is 6.18. The Balaban J connectivity index is 1.42. The topological polar surface area (TPSA) is 49.7 Å². The Hall–Kier alpha value is -5.80. The number of hydrogen-bond donors (Lipinski definition) is 2. The normalized spacial score (nSPS) is 11.4. The molecule has 3 heteroatoms. The zero-order valence-corrected chi connectivity index (χ0v) is 23.2. The summed E-state index contributed by atoms with van der Waals surface area (Å²) in [6.07, 6.45) is 0. The first-order valence-electron chi connectivity index (χ1n) is 14.3. The fourth-order valence-corrected chi connectivity index (χ4v) is 6.18. The molecule has 8 aromatic rings. The van der Waals surface area contributed by atoms with Gasteiger partial charge >= 0.3 is 0 Å². The van der Waals surface area contributed by atoms with Crippen molar-refractivity contribution < 1.29 is 14.9 Å². The van der Waals surface area contributed by atoms with Gasteiger partial charge in [-0.2, -0.15) is 0 Å². The third kappa shape index (κ3) is 4.05. The monoisotopic (exact) mass is 554 g/mol. The van der Waals surface area contributed by atoms with E-state index in [1.54, 1.807) is 0 Å². The van der Waals surface area contributed by atoms with Crippen LogP contribution in [0.15, 0.2) is 146 Å². The maximum absolute atomic E-state index is 11.5. The molecule has 8 rings (SSSR count). The van der Waals surface area contributed by atoms with Crippen LogP contribution in [0.1, 0.15) is 0 Å². The van der Waals surface area contributed by atoms with E-state index in [0.717, 1.165) is 54.2 Å². The molecule has 0 heterocycles. The van der Waals surface area contributed by atoms with Gasteiger partial charge in [-0.05, 0) is 45.8 Å². The highest BCUT2D eigenvalue weighted by Gasteiger charge is 2.21. The van der Waals surface area contributed by atoms with E-state index in [-0.39, 0.29) is 11.5 Å². The van der Waals surface area contributed by atoms with Crippen molar-refractivity contribution in [3.05, 3.63) is 146 Å². The Morgan fingerprint density at radius 3 is 1.00 bits per heavy atom. The summed E-state index contributed by atoms with van der Waals surface area (Å²) in [6, 6.07) is 48.0. The molecule has 0 aliphatic rings. The molecule has 0 atom stereocenters. The zero-order valence-electron chi connectivity index (χ0n) is 23.2. The van der Waals surface area contributed by atoms with Crippen molar-refractivity contribution in [3.8, 4) is 45.3 Å². The number of benzene rings is 8. The second kappa shape index (κ2) is 9.93. The molecule has 8 aromatic carbocycles. The molecular weight excluding hydrogens is 528 g/mol. The van der Waals surface area contributed by atoms with Gasteiger partial charge in [0.05, 0.1) is 0 Å². The van der Waals surface area contributed by atoms with Gasteiger partial charge in [-0.25, -0.2) is 0 Å². The van der Waals surface area contributed by atoms with Crippen molar-refractivity contribution in [2.75, 3.05) is 0 Å². The van der Waals surface area contributed by atoms with Gasteiger partial charge in [0.2, 0.25) is 0 Å². The quantitative estimate of drug-likeness (QED) is 0.227. The summed E-state index contributed by atoms with van der Waals surface area (Å²) in [7, 11) is 0. The summed E-state index contributed by atoms with van der Waals surface area (Å²) in [5.41, 5.74) is 2.94. The third-order valence-corrected chi connectivity index (χ3v) is 8.34. The van der Waals surface area contributed by atoms with Gasteiger partial charge in [0.1, 0.15) is 23.0 Å². The first-order chi connectivity index (χ1) is 21.2. The number of phenols is 2. The lowest BCUT2D eigenvalue weighted by Gasteiger charge is -2.20. The van der Waals surface area contributed by atoms with E-state index in [2.05, 4.69) is 24.3 Å². The molecule has 3 nitrogen and oxygen atoms in total. The number of fused-ring (bicyclic) bond motifs is 4. The van der Waals surface area contributed by atoms with Gasteiger partial charge in [-0.3, -0.25) is 0 Å². The minimum atomic E-state index is 0.212. The molecule has 0 unspecified atom stereocenters. The predicted octanol–water partition coefficient (Wildman–Crippen LogP) is 10.8. The molecule has 0 saturated heterocycles. The van der Waals surface area contributed by atoms with Gasteiger partial charge in [-0.1, -0.05) is 121 Å². The molecule has 0 spiro atoms. The third-order valence-electron chi connectivity index (χ3n) is 8.34. The highest BCUT2D eigenvalue weighted by atomic mass is 16.5. The molecule has 0 aromatic heterocycles. The first kappa shape index (κ1) is 25.0. The fraction of sp³-hybridized carbons (Fsp3) is 0. The van der Waals surface area contributed by atoms with Crippen molar-refractivity contribution in [1.82, 2.24) is 0 Å². The number of ether oxygens (including phenoxy) is 1. The predicted molar refractivity (Wildman–Crippen MR) is 177 cm³/mol. The van der Waals surface area contributed by atoms with Crippen LogP contribution in [0.4, 0.5) is 0 Å². The molecule has 0 aliphatic carbocycles. The van der Waals surface area contributed by atoms with Crippen LogP contribution < -0.4 is 4.74 Å². The summed E-state index contributed by atoms with van der Waals surface area (Å²) < 4.78 is 7.09. The van der Waals surface area contributed by atoms with E-state index in [0.29, 0.717) is 22.6 Å². The molecule has 2 N–H and O–H groups in total. The van der Waals surface area contributed by atoms with Gasteiger partial charge in [0.25, 0.3) is 0 Å². The lowest BCUT2D eigenvalue weighted by molar-refractivity contribution is 0.478. The highest BCUT2D eigenvalue weighted by molar-refractivity contribution is 6.04. The van der Waals surface area contributed by atoms with Crippen LogP contribution in [0.2, 0.25) is 0 Å². The Morgan fingerprint density at radius 1 is 0.302 bits per heavy atom. The molecule has 0 radical (unpaired) electrons. The van der Waals surface area contributed by atoms with Crippen molar-refractivity contribution in [2.24, 2.45) is 0 Å². The van der Waals surface area contributed by atoms with E-state index in [1.807, 2.05) is 121 Å². The van der Waals surface area contributed by atoms with Crippen LogP contribution in [0, 0.1) is 0 Å². The standard InChI is InChI=1S/C40H26O3/c41-37-29-13-5-1-9-25(29)17-21-33(37)35-23-19-27-11-3-7-15-31(27)39(35)43-40-32-16-8-4-12-28(32)20-24-36(40)34-22-18-26-10-2-6-14-30(26)38(34)42/h1-24,41-42H. The van der Waals surface area contributed by atoms with Gasteiger partial charge in [0.15, 0.2) is 0 Å². The second-order valence-corrected chi connectivity index (χ2v) is 10.8. The smallest absolute Gasteiger partial charge is 0.143 e. The minimum Gasteiger partial charge on any atom is -0.507 e. The molecule has 0 amide bonds. The molecule has 0 saturated carbocycles. The van der Waals surface area contributed by atoms with Crippen LogP contribution in [-0.4, -0.2) is 10.2 Å². The molecular formula is C40H26O3. The van der Waals surface area contributed by atoms with Crippen molar-refractivity contribution in [3.63, 3.8) is 0 Å². The Labute approximate surface area is 248 Å². The average molecular weight is 555 g/mol. The Kier molecular flexibility index (Phi) is 5.76. The molecule has 0 aliphatic heterocycles. The summed E-state index contributed by atoms with van der Waals surface area (Å²) in [4.78, 5) is 0. The Bertz CT molecular complexity index is 2190. The summed E-state index contributed by atoms with van der Waals surface area (Å²) >= 11 is 0. The van der Waals surface area contributed by atoms with Gasteiger partial charge in [0, 0.05) is 43.8 Å². The largest absolute Gasteiger partial charge is 0.507 e. The number of hydrogen-bond acceptors (Lipinski definition) is 3. The van der Waals surface area contributed by atoms with Gasteiger partial charge in [-0.15, -0.1) is 0 Å². The number of aromatic hydroxyl groups is 2. The van der Waals surface area contributed by atoms with Crippen LogP contribution in [0.5, 0.6) is 23.0 Å². The molecule has 43 heavy (non-hydrogen) atoms. The molecule has 204 valence electrons. The lowest BCUT2D eigenvalue weighted by Crippen LogP contribution is -1.95. The second-order valence-electron chi connectivity index (χ2n) is 10.8. The van der Waals surface area contributed by atoms with E-state index in [4.69, 9.17) is 4.74 Å². The lowest BCUT2D eigenvalue weighted by atomic mass is 9.95. The van der Waals surface area contributed by atoms with E-state index < -0.39 is 0 Å². The highest BCUT2D eigenvalue weighted by Crippen LogP contribution is 2.49. The summed E-state index contributed by atoms with van der Waals surface area (Å²) in [5, 5.41) is 30.4. The van der Waals surface area contributed by atoms with E-state index in [9.17, 15) is 10.2 Å². The SMILES string of the molecule is Oc1c(-c2ccc3ccccc3c2Oc2c(-c3ccc4ccccc4c3O)ccc3ccccc23)ccc2ccccc12. The van der Waals surface area contributed by atoms with Crippen LogP contribution in [-0.2, 0) is 0 Å². The summed E-state index contributed by atoms with van der Waals surface area (Å²) in [5.74, 6) is 1.70. The molecule has 0 bridgehead atoms. The maximum Gasteiger partial charge on any atom is 0.143 e. The minimum absolute atomic E-state index is 0.212. The Morgan fingerprint density at radius 2 is 0.605 bits per heavy atom. The zero-order chi connectivity index (χ0) is 28.9. The van der Waals surface area contributed by atoms with Crippen LogP contribution in [0.3, 0.4) is 0 Å². The van der Waals surface area contributed by atoms with Crippen LogP contribution in [0.25, 0.3) is 65.3 Å².